The number of nitrogens with one attached hydrogen (secondary N) is 2. The standard InChI is InChI=1S/C14H13N3S/c1-2-4-12(5-3-1)15-9-14-16-8-13(17-14)11-6-7-18-10-11/h1-8,10,15H,9H2,(H,16,17). The van der Waals surface area contributed by atoms with E-state index in [0.717, 1.165) is 17.2 Å². The number of nitrogens with zero attached hydrogens (tertiary/aromatic N) is 1. The van der Waals surface area contributed by atoms with Crippen molar-refractivity contribution in [3.63, 3.8) is 0 Å². The van der Waals surface area contributed by atoms with E-state index in [-0.39, 0.29) is 0 Å². The fraction of sp³-hybridized carbons (Fsp3) is 0.0714. The van der Waals surface area contributed by atoms with Crippen LogP contribution >= 0.6 is 11.3 Å². The molecule has 3 nitrogen and oxygen atoms in total. The molecule has 1 aromatic carbocycles. The lowest BCUT2D eigenvalue weighted by molar-refractivity contribution is 1.00. The van der Waals surface area contributed by atoms with E-state index in [1.807, 2.05) is 36.5 Å². The van der Waals surface area contributed by atoms with Gasteiger partial charge in [0.1, 0.15) is 5.82 Å². The van der Waals surface area contributed by atoms with Crippen molar-refractivity contribution < 1.29 is 0 Å². The van der Waals surface area contributed by atoms with E-state index in [4.69, 9.17) is 0 Å². The number of hydrogen-bond acceptors (Lipinski definition) is 3. The average molecular weight is 255 g/mol. The molecule has 90 valence electrons. The summed E-state index contributed by atoms with van der Waals surface area (Å²) in [6.45, 7) is 0.703. The van der Waals surface area contributed by atoms with Gasteiger partial charge in [-0.15, -0.1) is 0 Å². The maximum absolute atomic E-state index is 4.37. The van der Waals surface area contributed by atoms with Crippen LogP contribution in [0.4, 0.5) is 5.69 Å². The Kier molecular flexibility index (Phi) is 3.10. The highest BCUT2D eigenvalue weighted by Crippen LogP contribution is 2.20. The number of rotatable bonds is 4. The van der Waals surface area contributed by atoms with Gasteiger partial charge in [-0.05, 0) is 23.6 Å². The van der Waals surface area contributed by atoms with E-state index in [0.29, 0.717) is 6.54 Å². The molecular weight excluding hydrogens is 242 g/mol. The van der Waals surface area contributed by atoms with Crippen molar-refractivity contribution in [2.24, 2.45) is 0 Å². The second-order valence-electron chi connectivity index (χ2n) is 3.98. The minimum absolute atomic E-state index is 0.703. The highest BCUT2D eigenvalue weighted by atomic mass is 32.1. The van der Waals surface area contributed by atoms with E-state index in [2.05, 4.69) is 32.1 Å². The van der Waals surface area contributed by atoms with Crippen LogP contribution in [-0.4, -0.2) is 9.97 Å². The number of para-hydroxylation sites is 1. The first-order valence-electron chi connectivity index (χ1n) is 5.77. The molecule has 0 saturated heterocycles. The highest BCUT2D eigenvalue weighted by Gasteiger charge is 2.03. The van der Waals surface area contributed by atoms with Crippen LogP contribution in [0.25, 0.3) is 11.3 Å². The van der Waals surface area contributed by atoms with Gasteiger partial charge in [-0.3, -0.25) is 0 Å². The zero-order valence-corrected chi connectivity index (χ0v) is 10.6. The van der Waals surface area contributed by atoms with E-state index >= 15 is 0 Å². The van der Waals surface area contributed by atoms with Gasteiger partial charge in [0.2, 0.25) is 0 Å². The van der Waals surface area contributed by atoms with Crippen molar-refractivity contribution in [3.05, 3.63) is 59.2 Å². The second-order valence-corrected chi connectivity index (χ2v) is 4.76. The van der Waals surface area contributed by atoms with E-state index in [1.165, 1.54) is 5.56 Å². The number of aromatic amines is 1. The van der Waals surface area contributed by atoms with Crippen LogP contribution in [0, 0.1) is 0 Å². The molecule has 0 spiro atoms. The summed E-state index contributed by atoms with van der Waals surface area (Å²) < 4.78 is 0. The summed E-state index contributed by atoms with van der Waals surface area (Å²) >= 11 is 1.69. The molecule has 0 aliphatic carbocycles. The Morgan fingerprint density at radius 2 is 2.06 bits per heavy atom. The minimum Gasteiger partial charge on any atom is -0.378 e. The summed E-state index contributed by atoms with van der Waals surface area (Å²) in [5, 5.41) is 7.51. The van der Waals surface area contributed by atoms with Gasteiger partial charge < -0.3 is 10.3 Å². The number of benzene rings is 1. The lowest BCUT2D eigenvalue weighted by atomic mass is 10.3. The Morgan fingerprint density at radius 1 is 1.17 bits per heavy atom. The van der Waals surface area contributed by atoms with E-state index in [1.54, 1.807) is 11.3 Å². The van der Waals surface area contributed by atoms with Gasteiger partial charge in [-0.2, -0.15) is 11.3 Å². The average Bonchev–Trinajstić information content (AvgIpc) is 3.08. The van der Waals surface area contributed by atoms with Crippen molar-refractivity contribution in [2.45, 2.75) is 6.54 Å². The van der Waals surface area contributed by atoms with Gasteiger partial charge in [0.15, 0.2) is 0 Å². The Morgan fingerprint density at radius 3 is 2.83 bits per heavy atom. The first-order chi connectivity index (χ1) is 8.92. The fourth-order valence-corrected chi connectivity index (χ4v) is 2.41. The monoisotopic (exact) mass is 255 g/mol. The summed E-state index contributed by atoms with van der Waals surface area (Å²) in [7, 11) is 0. The molecule has 3 rings (SSSR count). The van der Waals surface area contributed by atoms with E-state index < -0.39 is 0 Å². The molecule has 2 N–H and O–H groups in total. The van der Waals surface area contributed by atoms with Gasteiger partial charge in [-0.1, -0.05) is 18.2 Å². The zero-order valence-electron chi connectivity index (χ0n) is 9.76. The van der Waals surface area contributed by atoms with Crippen LogP contribution in [0.3, 0.4) is 0 Å². The van der Waals surface area contributed by atoms with Gasteiger partial charge in [0, 0.05) is 16.6 Å². The fourth-order valence-electron chi connectivity index (χ4n) is 1.76. The van der Waals surface area contributed by atoms with Crippen LogP contribution in [0.2, 0.25) is 0 Å². The smallest absolute Gasteiger partial charge is 0.125 e. The quantitative estimate of drug-likeness (QED) is 0.745. The van der Waals surface area contributed by atoms with Crippen LogP contribution in [-0.2, 0) is 6.54 Å². The topological polar surface area (TPSA) is 40.7 Å². The second kappa shape index (κ2) is 5.06. The first kappa shape index (κ1) is 11.0. The largest absolute Gasteiger partial charge is 0.378 e. The SMILES string of the molecule is c1ccc(NCc2ncc(-c3ccsc3)[nH]2)cc1. The number of aromatic nitrogens is 2. The molecular formula is C14H13N3S. The van der Waals surface area contributed by atoms with Crippen molar-refractivity contribution in [1.29, 1.82) is 0 Å². The van der Waals surface area contributed by atoms with Crippen molar-refractivity contribution in [2.75, 3.05) is 5.32 Å². The number of anilines is 1. The zero-order chi connectivity index (χ0) is 12.2. The van der Waals surface area contributed by atoms with Crippen LogP contribution in [0.5, 0.6) is 0 Å². The van der Waals surface area contributed by atoms with Gasteiger partial charge in [-0.25, -0.2) is 4.98 Å². The summed E-state index contributed by atoms with van der Waals surface area (Å²) in [4.78, 5) is 7.69. The van der Waals surface area contributed by atoms with Crippen molar-refractivity contribution in [3.8, 4) is 11.3 Å². The maximum atomic E-state index is 4.37. The molecule has 0 atom stereocenters. The molecule has 3 aromatic rings. The third-order valence-electron chi connectivity index (χ3n) is 2.69. The molecule has 0 aliphatic rings. The van der Waals surface area contributed by atoms with E-state index in [9.17, 15) is 0 Å². The Hall–Kier alpha value is -2.07. The first-order valence-corrected chi connectivity index (χ1v) is 6.71. The molecule has 2 aromatic heterocycles. The Labute approximate surface area is 110 Å². The van der Waals surface area contributed by atoms with Crippen molar-refractivity contribution >= 4 is 17.0 Å². The summed E-state index contributed by atoms with van der Waals surface area (Å²) in [5.74, 6) is 0.944. The molecule has 0 amide bonds. The predicted molar refractivity (Wildman–Crippen MR) is 75.7 cm³/mol. The molecule has 0 saturated carbocycles. The minimum atomic E-state index is 0.703. The molecule has 18 heavy (non-hydrogen) atoms. The van der Waals surface area contributed by atoms with Crippen molar-refractivity contribution in [1.82, 2.24) is 9.97 Å². The summed E-state index contributed by atoms with van der Waals surface area (Å²) in [6, 6.07) is 12.2. The molecule has 0 radical (unpaired) electrons. The van der Waals surface area contributed by atoms with Gasteiger partial charge in [0.05, 0.1) is 18.4 Å². The molecule has 0 bridgehead atoms. The molecule has 0 fully saturated rings. The third kappa shape index (κ3) is 2.43. The normalized spacial score (nSPS) is 10.4. The Balaban J connectivity index is 1.68. The summed E-state index contributed by atoms with van der Waals surface area (Å²) in [6.07, 6.45) is 1.88. The van der Waals surface area contributed by atoms with Crippen LogP contribution in [0.15, 0.2) is 53.4 Å². The van der Waals surface area contributed by atoms with Gasteiger partial charge in [0.25, 0.3) is 0 Å². The molecule has 4 heteroatoms. The number of H-pyrrole nitrogens is 1. The van der Waals surface area contributed by atoms with Crippen LogP contribution < -0.4 is 5.32 Å². The highest BCUT2D eigenvalue weighted by molar-refractivity contribution is 7.08. The molecule has 0 aliphatic heterocycles. The summed E-state index contributed by atoms with van der Waals surface area (Å²) in [5.41, 5.74) is 3.37. The molecule has 2 heterocycles. The van der Waals surface area contributed by atoms with Gasteiger partial charge >= 0.3 is 0 Å². The third-order valence-corrected chi connectivity index (χ3v) is 3.38. The number of imidazole rings is 1. The Bertz CT molecular complexity index is 599. The van der Waals surface area contributed by atoms with Crippen LogP contribution in [0.1, 0.15) is 5.82 Å². The molecule has 0 unspecified atom stereocenters. The predicted octanol–water partition coefficient (Wildman–Crippen LogP) is 3.75. The number of hydrogen-bond donors (Lipinski definition) is 2. The number of thiophene rings is 1. The lowest BCUT2D eigenvalue weighted by Crippen LogP contribution is -2.00. The maximum Gasteiger partial charge on any atom is 0.125 e. The lowest BCUT2D eigenvalue weighted by Gasteiger charge is -2.03.